The summed E-state index contributed by atoms with van der Waals surface area (Å²) in [5.74, 6) is 3.72. The third kappa shape index (κ3) is 1.84. The Morgan fingerprint density at radius 2 is 2.05 bits per heavy atom. The molecule has 1 aromatic carbocycles. The highest BCUT2D eigenvalue weighted by atomic mass is 16.3. The Labute approximate surface area is 134 Å². The Hall–Kier alpha value is -1.24. The number of fused-ring (bicyclic) bond motifs is 5. The second-order valence-corrected chi connectivity index (χ2v) is 8.25. The molecule has 1 N–H and O–H groups in total. The Bertz CT molecular complexity index is 617. The number of aromatic hydroxyl groups is 1. The Balaban J connectivity index is 1.73. The topological polar surface area (TPSA) is 20.2 Å². The van der Waals surface area contributed by atoms with Crippen molar-refractivity contribution in [3.05, 3.63) is 35.4 Å². The monoisotopic (exact) mass is 296 g/mol. The molecule has 22 heavy (non-hydrogen) atoms. The maximum absolute atomic E-state index is 10.3. The van der Waals surface area contributed by atoms with Crippen LogP contribution in [0.25, 0.3) is 6.08 Å². The van der Waals surface area contributed by atoms with Gasteiger partial charge in [-0.25, -0.2) is 0 Å². The van der Waals surface area contributed by atoms with Crippen LogP contribution in [0.15, 0.2) is 18.7 Å². The van der Waals surface area contributed by atoms with E-state index in [9.17, 15) is 5.11 Å². The molecule has 5 atom stereocenters. The van der Waals surface area contributed by atoms with Crippen LogP contribution in [0.2, 0.25) is 0 Å². The third-order valence-corrected chi connectivity index (χ3v) is 7.57. The molecule has 0 radical (unpaired) electrons. The fraction of sp³-hybridized carbons (Fsp3) is 0.619. The Morgan fingerprint density at radius 3 is 2.82 bits per heavy atom. The number of aryl methyl sites for hydroxylation is 1. The van der Waals surface area contributed by atoms with E-state index in [2.05, 4.69) is 32.6 Å². The van der Waals surface area contributed by atoms with E-state index < -0.39 is 0 Å². The van der Waals surface area contributed by atoms with Crippen LogP contribution < -0.4 is 0 Å². The molecule has 0 saturated heterocycles. The standard InChI is InChI=1S/C21H28O/c1-4-14-11-15-6-7-17-16(18(15)12-20(14)22)9-10-21(3)13(2)5-8-19(17)21/h4,11-13,16-17,19,22H,1,5-10H2,2-3H3/t13?,16?,17?,19?,21-/m1/s1. The van der Waals surface area contributed by atoms with Crippen molar-refractivity contribution in [2.75, 3.05) is 0 Å². The number of phenolic OH excluding ortho intramolecular Hbond substituents is 1. The molecule has 3 aliphatic rings. The summed E-state index contributed by atoms with van der Waals surface area (Å²) in [6.45, 7) is 8.85. The molecule has 4 unspecified atom stereocenters. The first-order valence-corrected chi connectivity index (χ1v) is 9.03. The molecule has 0 heterocycles. The zero-order valence-electron chi connectivity index (χ0n) is 13.9. The predicted octanol–water partition coefficient (Wildman–Crippen LogP) is 5.53. The first-order valence-electron chi connectivity index (χ1n) is 9.03. The first-order chi connectivity index (χ1) is 10.5. The van der Waals surface area contributed by atoms with Crippen LogP contribution in [-0.4, -0.2) is 5.11 Å². The second kappa shape index (κ2) is 4.88. The molecule has 0 aromatic heterocycles. The lowest BCUT2D eigenvalue weighted by Crippen LogP contribution is -2.41. The number of benzene rings is 1. The third-order valence-electron chi connectivity index (χ3n) is 7.57. The molecule has 118 valence electrons. The molecule has 0 bridgehead atoms. The highest BCUT2D eigenvalue weighted by Gasteiger charge is 2.53. The van der Waals surface area contributed by atoms with E-state index in [1.165, 1.54) is 49.7 Å². The molecular weight excluding hydrogens is 268 g/mol. The summed E-state index contributed by atoms with van der Waals surface area (Å²) in [7, 11) is 0. The molecule has 1 nitrogen and oxygen atoms in total. The van der Waals surface area contributed by atoms with E-state index in [0.717, 1.165) is 23.3 Å². The fourth-order valence-corrected chi connectivity index (χ4v) is 6.05. The number of phenols is 1. The smallest absolute Gasteiger partial charge is 0.123 e. The maximum atomic E-state index is 10.3. The van der Waals surface area contributed by atoms with Crippen LogP contribution in [0.4, 0.5) is 0 Å². The van der Waals surface area contributed by atoms with Gasteiger partial charge in [-0.2, -0.15) is 0 Å². The molecule has 2 saturated carbocycles. The SMILES string of the molecule is C=Cc1cc2c(cc1O)C1CC[C@]3(C)C(C)CCC3C1CC2. The summed E-state index contributed by atoms with van der Waals surface area (Å²) in [5, 5.41) is 10.3. The van der Waals surface area contributed by atoms with E-state index in [0.29, 0.717) is 17.1 Å². The second-order valence-electron chi connectivity index (χ2n) is 8.25. The minimum absolute atomic E-state index is 0.419. The van der Waals surface area contributed by atoms with E-state index in [-0.39, 0.29) is 0 Å². The maximum Gasteiger partial charge on any atom is 0.123 e. The van der Waals surface area contributed by atoms with Gasteiger partial charge in [-0.15, -0.1) is 0 Å². The summed E-state index contributed by atoms with van der Waals surface area (Å²) in [6, 6.07) is 4.24. The molecule has 3 aliphatic carbocycles. The molecule has 1 heteroatoms. The minimum atomic E-state index is 0.419. The Kier molecular flexibility index (Phi) is 3.18. The van der Waals surface area contributed by atoms with Gasteiger partial charge in [0.2, 0.25) is 0 Å². The van der Waals surface area contributed by atoms with Gasteiger partial charge in [0, 0.05) is 5.56 Å². The molecular formula is C21H28O. The summed E-state index contributed by atoms with van der Waals surface area (Å²) >= 11 is 0. The highest BCUT2D eigenvalue weighted by Crippen LogP contribution is 2.62. The van der Waals surface area contributed by atoms with Gasteiger partial charge < -0.3 is 5.11 Å². The zero-order valence-corrected chi connectivity index (χ0v) is 13.9. The largest absolute Gasteiger partial charge is 0.507 e. The van der Waals surface area contributed by atoms with Crippen molar-refractivity contribution >= 4 is 6.08 Å². The summed E-state index contributed by atoms with van der Waals surface area (Å²) in [5.41, 5.74) is 4.37. The van der Waals surface area contributed by atoms with Gasteiger partial charge in [0.05, 0.1) is 0 Å². The summed E-state index contributed by atoms with van der Waals surface area (Å²) in [6.07, 6.45) is 9.80. The Morgan fingerprint density at radius 1 is 1.23 bits per heavy atom. The summed E-state index contributed by atoms with van der Waals surface area (Å²) < 4.78 is 0. The van der Waals surface area contributed by atoms with Crippen molar-refractivity contribution in [3.63, 3.8) is 0 Å². The average molecular weight is 296 g/mol. The van der Waals surface area contributed by atoms with E-state index in [4.69, 9.17) is 0 Å². The van der Waals surface area contributed by atoms with Gasteiger partial charge >= 0.3 is 0 Å². The lowest BCUT2D eigenvalue weighted by Gasteiger charge is -2.50. The van der Waals surface area contributed by atoms with Crippen LogP contribution in [0.3, 0.4) is 0 Å². The van der Waals surface area contributed by atoms with Gasteiger partial charge in [-0.3, -0.25) is 0 Å². The van der Waals surface area contributed by atoms with Crippen molar-refractivity contribution < 1.29 is 5.11 Å². The van der Waals surface area contributed by atoms with Gasteiger partial charge in [-0.05, 0) is 90.9 Å². The molecule has 0 aliphatic heterocycles. The van der Waals surface area contributed by atoms with Crippen molar-refractivity contribution in [3.8, 4) is 5.75 Å². The highest BCUT2D eigenvalue weighted by molar-refractivity contribution is 5.59. The van der Waals surface area contributed by atoms with Crippen LogP contribution >= 0.6 is 0 Å². The lowest BCUT2D eigenvalue weighted by atomic mass is 9.54. The molecule has 1 aromatic rings. The quantitative estimate of drug-likeness (QED) is 0.722. The first kappa shape index (κ1) is 14.4. The van der Waals surface area contributed by atoms with E-state index >= 15 is 0 Å². The van der Waals surface area contributed by atoms with Gasteiger partial charge in [0.25, 0.3) is 0 Å². The van der Waals surface area contributed by atoms with Gasteiger partial charge in [-0.1, -0.05) is 26.5 Å². The lowest BCUT2D eigenvalue weighted by molar-refractivity contribution is 0.0336. The minimum Gasteiger partial charge on any atom is -0.507 e. The van der Waals surface area contributed by atoms with Crippen LogP contribution in [0.1, 0.15) is 68.6 Å². The van der Waals surface area contributed by atoms with Gasteiger partial charge in [0.1, 0.15) is 5.75 Å². The van der Waals surface area contributed by atoms with Crippen LogP contribution in [0.5, 0.6) is 5.75 Å². The zero-order chi connectivity index (χ0) is 15.5. The van der Waals surface area contributed by atoms with Crippen molar-refractivity contribution in [1.29, 1.82) is 0 Å². The van der Waals surface area contributed by atoms with Crippen molar-refractivity contribution in [2.24, 2.45) is 23.2 Å². The van der Waals surface area contributed by atoms with E-state index in [1.807, 2.05) is 0 Å². The molecule has 0 spiro atoms. The van der Waals surface area contributed by atoms with Crippen molar-refractivity contribution in [2.45, 2.75) is 58.3 Å². The normalized spacial score (nSPS) is 39.7. The van der Waals surface area contributed by atoms with Crippen molar-refractivity contribution in [1.82, 2.24) is 0 Å². The summed E-state index contributed by atoms with van der Waals surface area (Å²) in [4.78, 5) is 0. The number of hydrogen-bond donors (Lipinski definition) is 1. The predicted molar refractivity (Wildman–Crippen MR) is 92.0 cm³/mol. The molecule has 0 amide bonds. The van der Waals surface area contributed by atoms with Gasteiger partial charge in [0.15, 0.2) is 0 Å². The molecule has 4 rings (SSSR count). The number of hydrogen-bond acceptors (Lipinski definition) is 1. The van der Waals surface area contributed by atoms with Crippen LogP contribution in [-0.2, 0) is 6.42 Å². The fourth-order valence-electron chi connectivity index (χ4n) is 6.05. The van der Waals surface area contributed by atoms with E-state index in [1.54, 1.807) is 6.08 Å². The van der Waals surface area contributed by atoms with Crippen LogP contribution in [0, 0.1) is 23.2 Å². The molecule has 2 fully saturated rings. The number of rotatable bonds is 1. The average Bonchev–Trinajstić information content (AvgIpc) is 2.82.